The predicted molar refractivity (Wildman–Crippen MR) is 127 cm³/mol. The number of carbonyl (C=O) groups excluding carboxylic acids is 1. The average molecular weight is 480 g/mol. The number of sulfone groups is 1. The first-order chi connectivity index (χ1) is 16.1. The van der Waals surface area contributed by atoms with Gasteiger partial charge in [0.25, 0.3) is 0 Å². The van der Waals surface area contributed by atoms with E-state index in [1.165, 1.54) is 47.0 Å². The van der Waals surface area contributed by atoms with Gasteiger partial charge in [-0.1, -0.05) is 6.07 Å². The summed E-state index contributed by atoms with van der Waals surface area (Å²) in [6.45, 7) is 5.08. The lowest BCUT2D eigenvalue weighted by Gasteiger charge is -2.14. The van der Waals surface area contributed by atoms with Crippen LogP contribution in [-0.2, 0) is 21.2 Å². The smallest absolute Gasteiger partial charge is 0.244 e. The summed E-state index contributed by atoms with van der Waals surface area (Å²) < 4.78 is 41.3. The fourth-order valence-corrected chi connectivity index (χ4v) is 4.99. The van der Waals surface area contributed by atoms with Crippen LogP contribution in [0.15, 0.2) is 75.4 Å². The zero-order valence-electron chi connectivity index (χ0n) is 18.8. The molecule has 2 heterocycles. The van der Waals surface area contributed by atoms with Crippen LogP contribution in [0.4, 0.5) is 10.1 Å². The summed E-state index contributed by atoms with van der Waals surface area (Å²) in [5, 5.41) is 2.72. The van der Waals surface area contributed by atoms with Crippen molar-refractivity contribution in [1.29, 1.82) is 0 Å². The van der Waals surface area contributed by atoms with E-state index >= 15 is 0 Å². The molecule has 4 aromatic rings. The second kappa shape index (κ2) is 8.83. The third-order valence-corrected chi connectivity index (χ3v) is 7.29. The molecular formula is C25H22FN3O4S. The normalized spacial score (nSPS) is 11.5. The van der Waals surface area contributed by atoms with Crippen LogP contribution in [0.2, 0.25) is 0 Å². The van der Waals surface area contributed by atoms with Crippen LogP contribution in [0.25, 0.3) is 11.0 Å². The minimum atomic E-state index is -4.17. The van der Waals surface area contributed by atoms with Gasteiger partial charge in [0.1, 0.15) is 22.9 Å². The lowest BCUT2D eigenvalue weighted by Crippen LogP contribution is -2.24. The first-order valence-electron chi connectivity index (χ1n) is 10.4. The molecule has 4 rings (SSSR count). The Morgan fingerprint density at radius 2 is 1.71 bits per heavy atom. The summed E-state index contributed by atoms with van der Waals surface area (Å²) in [6.07, 6.45) is 1.16. The number of aromatic nitrogens is 2. The van der Waals surface area contributed by atoms with Gasteiger partial charge in [0, 0.05) is 17.6 Å². The number of pyridine rings is 2. The molecule has 0 spiro atoms. The van der Waals surface area contributed by atoms with Gasteiger partial charge < -0.3 is 9.88 Å². The number of hydrogen-bond donors (Lipinski definition) is 1. The van der Waals surface area contributed by atoms with Crippen molar-refractivity contribution in [3.8, 4) is 0 Å². The molecule has 0 bridgehead atoms. The minimum absolute atomic E-state index is 0.00515. The summed E-state index contributed by atoms with van der Waals surface area (Å²) in [4.78, 5) is 29.8. The molecule has 0 unspecified atom stereocenters. The maximum absolute atomic E-state index is 13.4. The van der Waals surface area contributed by atoms with Gasteiger partial charge in [-0.25, -0.2) is 17.8 Å². The van der Waals surface area contributed by atoms with Gasteiger partial charge in [-0.05, 0) is 80.4 Å². The summed E-state index contributed by atoms with van der Waals surface area (Å²) in [6, 6.07) is 13.0. The summed E-state index contributed by atoms with van der Waals surface area (Å²) in [7, 11) is -4.17. The van der Waals surface area contributed by atoms with Crippen LogP contribution in [0.1, 0.15) is 16.8 Å². The molecule has 7 nitrogen and oxygen atoms in total. The zero-order chi connectivity index (χ0) is 24.6. The molecule has 34 heavy (non-hydrogen) atoms. The molecule has 9 heteroatoms. The van der Waals surface area contributed by atoms with Gasteiger partial charge in [0.15, 0.2) is 0 Å². The predicted octanol–water partition coefficient (Wildman–Crippen LogP) is 3.93. The standard InChI is InChI=1S/C25H22FN3O4S/c1-15-4-10-20(12-16(15)2)34(32,33)22-13-29(25-21(24(22)31)11-5-17(3)27-25)14-23(30)28-19-8-6-18(26)7-9-19/h4-13H,14H2,1-3H3,(H,28,30). The SMILES string of the molecule is Cc1ccc2c(=O)c(S(=O)(=O)c3ccc(C)c(C)c3)cn(CC(=O)Nc3ccc(F)cc3)c2n1. The highest BCUT2D eigenvalue weighted by Crippen LogP contribution is 2.23. The molecule has 0 aliphatic heterocycles. The van der Waals surface area contributed by atoms with E-state index in [0.717, 1.165) is 17.3 Å². The van der Waals surface area contributed by atoms with E-state index in [0.29, 0.717) is 11.4 Å². The second-order valence-electron chi connectivity index (χ2n) is 8.08. The number of nitrogens with zero attached hydrogens (tertiary/aromatic N) is 2. The Bertz CT molecular complexity index is 1590. The highest BCUT2D eigenvalue weighted by Gasteiger charge is 2.25. The Morgan fingerprint density at radius 3 is 2.38 bits per heavy atom. The highest BCUT2D eigenvalue weighted by atomic mass is 32.2. The van der Waals surface area contributed by atoms with Crippen molar-refractivity contribution in [2.75, 3.05) is 5.32 Å². The summed E-state index contributed by atoms with van der Waals surface area (Å²) in [5.74, 6) is -0.931. The van der Waals surface area contributed by atoms with Crippen LogP contribution in [0, 0.1) is 26.6 Å². The fourth-order valence-electron chi connectivity index (χ4n) is 3.54. The van der Waals surface area contributed by atoms with Crippen LogP contribution in [0.5, 0.6) is 0 Å². The average Bonchev–Trinajstić information content (AvgIpc) is 2.78. The monoisotopic (exact) mass is 479 g/mol. The van der Waals surface area contributed by atoms with Crippen LogP contribution in [0.3, 0.4) is 0 Å². The Balaban J connectivity index is 1.83. The van der Waals surface area contributed by atoms with Gasteiger partial charge in [0.2, 0.25) is 21.2 Å². The molecule has 2 aromatic carbocycles. The Labute approximate surface area is 195 Å². The van der Waals surface area contributed by atoms with Gasteiger partial charge in [-0.3, -0.25) is 9.59 Å². The molecular weight excluding hydrogens is 457 g/mol. The quantitative estimate of drug-likeness (QED) is 0.468. The Kier molecular flexibility index (Phi) is 6.05. The van der Waals surface area contributed by atoms with E-state index in [9.17, 15) is 22.4 Å². The number of benzene rings is 2. The van der Waals surface area contributed by atoms with E-state index in [2.05, 4.69) is 10.3 Å². The van der Waals surface area contributed by atoms with Crippen molar-refractivity contribution in [1.82, 2.24) is 9.55 Å². The van der Waals surface area contributed by atoms with E-state index in [4.69, 9.17) is 0 Å². The van der Waals surface area contributed by atoms with E-state index in [-0.39, 0.29) is 22.5 Å². The highest BCUT2D eigenvalue weighted by molar-refractivity contribution is 7.91. The van der Waals surface area contributed by atoms with Gasteiger partial charge >= 0.3 is 0 Å². The van der Waals surface area contributed by atoms with Crippen molar-refractivity contribution in [2.45, 2.75) is 37.1 Å². The molecule has 1 amide bonds. The first kappa shape index (κ1) is 23.3. The number of rotatable bonds is 5. The molecule has 0 aliphatic carbocycles. The number of halogens is 1. The van der Waals surface area contributed by atoms with Crippen LogP contribution in [-0.4, -0.2) is 23.9 Å². The number of anilines is 1. The number of fused-ring (bicyclic) bond motifs is 1. The minimum Gasteiger partial charge on any atom is -0.325 e. The molecule has 174 valence electrons. The van der Waals surface area contributed by atoms with Crippen molar-refractivity contribution >= 4 is 32.5 Å². The van der Waals surface area contributed by atoms with Gasteiger partial charge in [0.05, 0.1) is 10.3 Å². The molecule has 0 radical (unpaired) electrons. The van der Waals surface area contributed by atoms with Crippen molar-refractivity contribution in [2.24, 2.45) is 0 Å². The molecule has 2 aromatic heterocycles. The first-order valence-corrected chi connectivity index (χ1v) is 11.9. The largest absolute Gasteiger partial charge is 0.325 e. The van der Waals surface area contributed by atoms with Crippen LogP contribution < -0.4 is 10.7 Å². The van der Waals surface area contributed by atoms with Crippen molar-refractivity contribution in [3.05, 3.63) is 93.7 Å². The Morgan fingerprint density at radius 1 is 1.00 bits per heavy atom. The van der Waals surface area contributed by atoms with Crippen molar-refractivity contribution < 1.29 is 17.6 Å². The molecule has 0 saturated carbocycles. The molecule has 0 aliphatic rings. The van der Waals surface area contributed by atoms with Crippen molar-refractivity contribution in [3.63, 3.8) is 0 Å². The molecule has 0 fully saturated rings. The third-order valence-electron chi connectivity index (χ3n) is 5.55. The molecule has 1 N–H and O–H groups in total. The summed E-state index contributed by atoms with van der Waals surface area (Å²) >= 11 is 0. The Hall–Kier alpha value is -3.85. The lowest BCUT2D eigenvalue weighted by molar-refractivity contribution is -0.116. The maximum Gasteiger partial charge on any atom is 0.244 e. The van der Waals surface area contributed by atoms with Gasteiger partial charge in [-0.15, -0.1) is 0 Å². The van der Waals surface area contributed by atoms with E-state index in [1.54, 1.807) is 26.0 Å². The van der Waals surface area contributed by atoms with E-state index < -0.39 is 31.9 Å². The number of amides is 1. The molecule has 0 saturated heterocycles. The number of hydrogen-bond acceptors (Lipinski definition) is 5. The number of carbonyl (C=O) groups is 1. The molecule has 0 atom stereocenters. The third kappa shape index (κ3) is 4.47. The fraction of sp³-hybridized carbons (Fsp3) is 0.160. The zero-order valence-corrected chi connectivity index (χ0v) is 19.6. The second-order valence-corrected chi connectivity index (χ2v) is 10.00. The topological polar surface area (TPSA) is 98.1 Å². The maximum atomic E-state index is 13.4. The van der Waals surface area contributed by atoms with Gasteiger partial charge in [-0.2, -0.15) is 0 Å². The number of nitrogens with one attached hydrogen (secondary N) is 1. The van der Waals surface area contributed by atoms with Crippen LogP contribution >= 0.6 is 0 Å². The summed E-state index contributed by atoms with van der Waals surface area (Å²) in [5.41, 5.74) is 2.19. The van der Waals surface area contributed by atoms with E-state index in [1.807, 2.05) is 6.92 Å². The lowest BCUT2D eigenvalue weighted by atomic mass is 10.1. The number of aryl methyl sites for hydroxylation is 3.